The van der Waals surface area contributed by atoms with E-state index in [9.17, 15) is 4.79 Å². The van der Waals surface area contributed by atoms with E-state index in [1.54, 1.807) is 20.3 Å². The van der Waals surface area contributed by atoms with Gasteiger partial charge in [0.15, 0.2) is 0 Å². The molecule has 0 aliphatic carbocycles. The van der Waals surface area contributed by atoms with E-state index in [1.807, 2.05) is 44.2 Å². The van der Waals surface area contributed by atoms with Gasteiger partial charge >= 0.3 is 0 Å². The standard InChI is InChI=1S/C21H22N4O3/c1-13-6-5-7-14(2)20(13)25-21(26)17-11-23-19(12-22-17)24-16-9-8-15(27-3)10-18(16)28-4/h5-12H,1-4H3,(H,23,24)(H,25,26). The molecule has 0 unspecified atom stereocenters. The number of aromatic nitrogens is 2. The Balaban J connectivity index is 1.74. The molecule has 1 amide bonds. The number of nitrogens with one attached hydrogen (secondary N) is 2. The fraction of sp³-hybridized carbons (Fsp3) is 0.190. The summed E-state index contributed by atoms with van der Waals surface area (Å²) in [6.07, 6.45) is 2.94. The second-order valence-electron chi connectivity index (χ2n) is 6.20. The number of para-hydroxylation sites is 1. The molecule has 0 fully saturated rings. The monoisotopic (exact) mass is 378 g/mol. The smallest absolute Gasteiger partial charge is 0.275 e. The average Bonchev–Trinajstić information content (AvgIpc) is 2.71. The largest absolute Gasteiger partial charge is 0.497 e. The van der Waals surface area contributed by atoms with Crippen molar-refractivity contribution in [3.63, 3.8) is 0 Å². The third-order valence-corrected chi connectivity index (χ3v) is 4.28. The van der Waals surface area contributed by atoms with Crippen LogP contribution in [0.5, 0.6) is 11.5 Å². The van der Waals surface area contributed by atoms with Crippen molar-refractivity contribution in [3.8, 4) is 11.5 Å². The lowest BCUT2D eigenvalue weighted by Gasteiger charge is -2.12. The SMILES string of the molecule is COc1ccc(Nc2cnc(C(=O)Nc3c(C)cccc3C)cn2)c(OC)c1. The van der Waals surface area contributed by atoms with E-state index in [0.29, 0.717) is 23.0 Å². The maximum absolute atomic E-state index is 12.5. The fourth-order valence-corrected chi connectivity index (χ4v) is 2.74. The molecular weight excluding hydrogens is 356 g/mol. The van der Waals surface area contributed by atoms with E-state index >= 15 is 0 Å². The highest BCUT2D eigenvalue weighted by atomic mass is 16.5. The molecule has 3 aromatic rings. The van der Waals surface area contributed by atoms with Crippen molar-refractivity contribution in [1.29, 1.82) is 0 Å². The van der Waals surface area contributed by atoms with E-state index in [0.717, 1.165) is 16.8 Å². The molecule has 2 aromatic carbocycles. The van der Waals surface area contributed by atoms with Gasteiger partial charge in [-0.15, -0.1) is 0 Å². The highest BCUT2D eigenvalue weighted by molar-refractivity contribution is 6.03. The maximum atomic E-state index is 12.5. The number of carbonyl (C=O) groups is 1. The molecule has 0 radical (unpaired) electrons. The summed E-state index contributed by atoms with van der Waals surface area (Å²) in [5, 5.41) is 6.02. The first-order valence-electron chi connectivity index (χ1n) is 8.70. The minimum absolute atomic E-state index is 0.231. The summed E-state index contributed by atoms with van der Waals surface area (Å²) < 4.78 is 10.5. The van der Waals surface area contributed by atoms with Crippen molar-refractivity contribution in [2.75, 3.05) is 24.9 Å². The van der Waals surface area contributed by atoms with Gasteiger partial charge in [0.05, 0.1) is 32.3 Å². The first-order chi connectivity index (χ1) is 13.5. The molecule has 0 bridgehead atoms. The van der Waals surface area contributed by atoms with Crippen LogP contribution in [0.1, 0.15) is 21.6 Å². The number of rotatable bonds is 6. The Bertz CT molecular complexity index is 967. The lowest BCUT2D eigenvalue weighted by atomic mass is 10.1. The Morgan fingerprint density at radius 3 is 2.32 bits per heavy atom. The van der Waals surface area contributed by atoms with Crippen molar-refractivity contribution in [2.24, 2.45) is 0 Å². The first kappa shape index (κ1) is 19.2. The predicted octanol–water partition coefficient (Wildman–Crippen LogP) is 4.11. The number of hydrogen-bond acceptors (Lipinski definition) is 6. The zero-order valence-corrected chi connectivity index (χ0v) is 16.2. The van der Waals surface area contributed by atoms with Crippen LogP contribution in [0.25, 0.3) is 0 Å². The number of benzene rings is 2. The topological polar surface area (TPSA) is 85.4 Å². The Morgan fingerprint density at radius 1 is 0.964 bits per heavy atom. The lowest BCUT2D eigenvalue weighted by Crippen LogP contribution is -2.15. The maximum Gasteiger partial charge on any atom is 0.275 e. The minimum Gasteiger partial charge on any atom is -0.497 e. The van der Waals surface area contributed by atoms with Crippen LogP contribution >= 0.6 is 0 Å². The molecule has 144 valence electrons. The van der Waals surface area contributed by atoms with E-state index < -0.39 is 0 Å². The van der Waals surface area contributed by atoms with Gasteiger partial charge in [0, 0.05) is 11.8 Å². The van der Waals surface area contributed by atoms with Gasteiger partial charge in [0.25, 0.3) is 5.91 Å². The summed E-state index contributed by atoms with van der Waals surface area (Å²) in [6, 6.07) is 11.2. The number of ether oxygens (including phenoxy) is 2. The highest BCUT2D eigenvalue weighted by Gasteiger charge is 2.12. The van der Waals surface area contributed by atoms with Gasteiger partial charge in [-0.3, -0.25) is 4.79 Å². The molecule has 0 aliphatic rings. The van der Waals surface area contributed by atoms with Crippen molar-refractivity contribution >= 4 is 23.1 Å². The van der Waals surface area contributed by atoms with E-state index in [4.69, 9.17) is 9.47 Å². The number of nitrogens with zero attached hydrogens (tertiary/aromatic N) is 2. The van der Waals surface area contributed by atoms with Gasteiger partial charge in [0.1, 0.15) is 23.0 Å². The number of methoxy groups -OCH3 is 2. The summed E-state index contributed by atoms with van der Waals surface area (Å²) >= 11 is 0. The second-order valence-corrected chi connectivity index (χ2v) is 6.20. The molecule has 0 atom stereocenters. The summed E-state index contributed by atoms with van der Waals surface area (Å²) in [5.41, 5.74) is 3.72. The Labute approximate surface area is 163 Å². The molecule has 2 N–H and O–H groups in total. The summed E-state index contributed by atoms with van der Waals surface area (Å²) in [6.45, 7) is 3.90. The Morgan fingerprint density at radius 2 is 1.71 bits per heavy atom. The molecule has 7 nitrogen and oxygen atoms in total. The van der Waals surface area contributed by atoms with Crippen LogP contribution in [-0.4, -0.2) is 30.1 Å². The van der Waals surface area contributed by atoms with E-state index in [2.05, 4.69) is 20.6 Å². The van der Waals surface area contributed by atoms with Crippen LogP contribution in [0.3, 0.4) is 0 Å². The van der Waals surface area contributed by atoms with Crippen molar-refractivity contribution in [1.82, 2.24) is 9.97 Å². The van der Waals surface area contributed by atoms with Crippen LogP contribution < -0.4 is 20.1 Å². The zero-order valence-electron chi connectivity index (χ0n) is 16.2. The molecule has 1 aromatic heterocycles. The Hall–Kier alpha value is -3.61. The summed E-state index contributed by atoms with van der Waals surface area (Å²) in [5.74, 6) is 1.48. The van der Waals surface area contributed by atoms with Gasteiger partial charge in [-0.2, -0.15) is 0 Å². The van der Waals surface area contributed by atoms with Gasteiger partial charge in [0.2, 0.25) is 0 Å². The van der Waals surface area contributed by atoms with Crippen molar-refractivity contribution in [3.05, 3.63) is 65.6 Å². The van der Waals surface area contributed by atoms with Gasteiger partial charge in [-0.05, 0) is 37.1 Å². The van der Waals surface area contributed by atoms with Gasteiger partial charge < -0.3 is 20.1 Å². The predicted molar refractivity (Wildman–Crippen MR) is 109 cm³/mol. The fourth-order valence-electron chi connectivity index (χ4n) is 2.74. The summed E-state index contributed by atoms with van der Waals surface area (Å²) in [4.78, 5) is 21.0. The van der Waals surface area contributed by atoms with Crippen molar-refractivity contribution < 1.29 is 14.3 Å². The average molecular weight is 378 g/mol. The van der Waals surface area contributed by atoms with E-state index in [-0.39, 0.29) is 11.6 Å². The summed E-state index contributed by atoms with van der Waals surface area (Å²) in [7, 11) is 3.17. The third kappa shape index (κ3) is 4.20. The molecule has 0 spiro atoms. The molecule has 1 heterocycles. The molecule has 0 aliphatic heterocycles. The van der Waals surface area contributed by atoms with Crippen LogP contribution in [0.4, 0.5) is 17.2 Å². The normalized spacial score (nSPS) is 10.3. The molecule has 3 rings (SSSR count). The van der Waals surface area contributed by atoms with Crippen LogP contribution in [0.2, 0.25) is 0 Å². The molecule has 7 heteroatoms. The first-order valence-corrected chi connectivity index (χ1v) is 8.70. The minimum atomic E-state index is -0.307. The molecule has 28 heavy (non-hydrogen) atoms. The third-order valence-electron chi connectivity index (χ3n) is 4.28. The highest BCUT2D eigenvalue weighted by Crippen LogP contribution is 2.30. The van der Waals surface area contributed by atoms with Crippen LogP contribution in [0, 0.1) is 13.8 Å². The number of amides is 1. The number of anilines is 3. The number of aryl methyl sites for hydroxylation is 2. The molecule has 0 saturated carbocycles. The van der Waals surface area contributed by atoms with Crippen LogP contribution in [-0.2, 0) is 0 Å². The van der Waals surface area contributed by atoms with Gasteiger partial charge in [-0.25, -0.2) is 9.97 Å². The zero-order chi connectivity index (χ0) is 20.1. The quantitative estimate of drug-likeness (QED) is 0.671. The van der Waals surface area contributed by atoms with E-state index in [1.165, 1.54) is 12.4 Å². The van der Waals surface area contributed by atoms with Crippen LogP contribution in [0.15, 0.2) is 48.8 Å². The lowest BCUT2D eigenvalue weighted by molar-refractivity contribution is 0.102. The van der Waals surface area contributed by atoms with Crippen molar-refractivity contribution in [2.45, 2.75) is 13.8 Å². The Kier molecular flexibility index (Phi) is 5.74. The molecular formula is C21H22N4O3. The number of carbonyl (C=O) groups excluding carboxylic acids is 1. The number of hydrogen-bond donors (Lipinski definition) is 2. The molecule has 0 saturated heterocycles. The van der Waals surface area contributed by atoms with Gasteiger partial charge in [-0.1, -0.05) is 18.2 Å². The second kappa shape index (κ2) is 8.39.